The van der Waals surface area contributed by atoms with Gasteiger partial charge in [0.15, 0.2) is 0 Å². The molecule has 0 spiro atoms. The first kappa shape index (κ1) is 29.9. The average Bonchev–Trinajstić information content (AvgIpc) is 2.90. The van der Waals surface area contributed by atoms with Crippen molar-refractivity contribution in [2.24, 2.45) is 11.8 Å². The Bertz CT molecular complexity index is 1290. The molecule has 0 unspecified atom stereocenters. The minimum absolute atomic E-state index is 0.0114. The van der Waals surface area contributed by atoms with E-state index in [1.165, 1.54) is 30.0 Å². The number of likely N-dealkylation sites (tertiary alicyclic amines) is 1. The average molecular weight is 581 g/mol. The highest BCUT2D eigenvalue weighted by Crippen LogP contribution is 2.36. The van der Waals surface area contributed by atoms with Crippen LogP contribution >= 0.6 is 11.8 Å². The molecule has 11 heteroatoms. The lowest BCUT2D eigenvalue weighted by molar-refractivity contribution is -0.274. The van der Waals surface area contributed by atoms with E-state index in [0.29, 0.717) is 52.4 Å². The topological polar surface area (TPSA) is 71.9 Å². The van der Waals surface area contributed by atoms with E-state index in [1.54, 1.807) is 43.6 Å². The molecule has 1 aliphatic heterocycles. The number of carbonyl (C=O) groups is 1. The Morgan fingerprint density at radius 3 is 2.75 bits per heavy atom. The Hall–Kier alpha value is -3.05. The van der Waals surface area contributed by atoms with Gasteiger partial charge in [-0.25, -0.2) is 4.39 Å². The van der Waals surface area contributed by atoms with Crippen molar-refractivity contribution >= 4 is 28.6 Å². The van der Waals surface area contributed by atoms with Gasteiger partial charge in [0.1, 0.15) is 17.7 Å². The number of nitrogens with zero attached hydrogens (tertiary/aromatic N) is 2. The van der Waals surface area contributed by atoms with Crippen LogP contribution in [0.2, 0.25) is 0 Å². The number of aliphatic carboxylic acids is 1. The first-order valence-electron chi connectivity index (χ1n) is 13.1. The number of fused-ring (bicyclic) bond motifs is 1. The number of hydrogen-bond acceptors (Lipinski definition) is 6. The highest BCUT2D eigenvalue weighted by molar-refractivity contribution is 7.99. The van der Waals surface area contributed by atoms with Crippen LogP contribution in [0.5, 0.6) is 11.5 Å². The molecule has 1 saturated heterocycles. The van der Waals surface area contributed by atoms with Crippen LogP contribution in [0.1, 0.15) is 37.4 Å². The quantitative estimate of drug-likeness (QED) is 0.180. The third-order valence-electron chi connectivity index (χ3n) is 7.24. The molecule has 0 radical (unpaired) electrons. The molecule has 1 fully saturated rings. The van der Waals surface area contributed by atoms with Gasteiger partial charge in [-0.2, -0.15) is 0 Å². The minimum atomic E-state index is -4.74. The van der Waals surface area contributed by atoms with E-state index in [2.05, 4.69) is 14.6 Å². The van der Waals surface area contributed by atoms with Gasteiger partial charge in [0, 0.05) is 41.7 Å². The van der Waals surface area contributed by atoms with Crippen LogP contribution in [-0.4, -0.2) is 59.8 Å². The standard InChI is InChI=1S/C29H32F4N2O4S/c1-38-21-6-8-27-25(17-21)24(9-11-34-27)26(30)7-5-19-10-12-35(18-20(19)15-28(36)37)13-14-40-23-4-2-3-22(16-23)39-29(31,32)33/h2-4,6,8-9,11,16-17,19-20,26H,5,7,10,12-15,18H2,1H3,(H,36,37)/t19-,20+,26+/m1/s1. The van der Waals surface area contributed by atoms with Crippen molar-refractivity contribution in [2.45, 2.75) is 43.1 Å². The fraction of sp³-hybridized carbons (Fsp3) is 0.448. The summed E-state index contributed by atoms with van der Waals surface area (Å²) in [6.45, 7) is 2.00. The van der Waals surface area contributed by atoms with Crippen LogP contribution in [0.25, 0.3) is 10.9 Å². The summed E-state index contributed by atoms with van der Waals surface area (Å²) in [7, 11) is 1.56. The molecule has 3 aromatic rings. The molecule has 4 rings (SSSR count). The second-order valence-electron chi connectivity index (χ2n) is 9.91. The number of aromatic nitrogens is 1. The fourth-order valence-corrected chi connectivity index (χ4v) is 6.27. The van der Waals surface area contributed by atoms with Gasteiger partial charge in [0.05, 0.1) is 12.6 Å². The Balaban J connectivity index is 1.32. The van der Waals surface area contributed by atoms with Gasteiger partial charge >= 0.3 is 12.3 Å². The minimum Gasteiger partial charge on any atom is -0.497 e. The molecule has 216 valence electrons. The first-order chi connectivity index (χ1) is 19.1. The molecule has 1 N–H and O–H groups in total. The molecule has 3 atom stereocenters. The fourth-order valence-electron chi connectivity index (χ4n) is 5.31. The normalized spacial score (nSPS) is 18.9. The number of methoxy groups -OCH3 is 1. The number of piperidine rings is 1. The summed E-state index contributed by atoms with van der Waals surface area (Å²) in [5.74, 6) is 0.0914. The molecule has 40 heavy (non-hydrogen) atoms. The van der Waals surface area contributed by atoms with Gasteiger partial charge < -0.3 is 19.5 Å². The number of alkyl halides is 4. The zero-order valence-corrected chi connectivity index (χ0v) is 22.9. The van der Waals surface area contributed by atoms with Gasteiger partial charge in [0.25, 0.3) is 0 Å². The highest BCUT2D eigenvalue weighted by atomic mass is 32.2. The van der Waals surface area contributed by atoms with Crippen molar-refractivity contribution in [3.05, 3.63) is 60.3 Å². The van der Waals surface area contributed by atoms with Gasteiger partial charge in [-0.3, -0.25) is 9.78 Å². The molecule has 2 heterocycles. The molecule has 0 bridgehead atoms. The van der Waals surface area contributed by atoms with Crippen LogP contribution in [0, 0.1) is 11.8 Å². The number of hydrogen-bond donors (Lipinski definition) is 1. The molecule has 0 saturated carbocycles. The SMILES string of the molecule is COc1ccc2nccc([C@@H](F)CC[C@@H]3CCN(CCSc4cccc(OC(F)(F)F)c4)C[C@@H]3CC(=O)O)c2c1. The maximum atomic E-state index is 15.5. The number of ether oxygens (including phenoxy) is 2. The molecule has 2 aromatic carbocycles. The van der Waals surface area contributed by atoms with E-state index in [1.807, 2.05) is 0 Å². The van der Waals surface area contributed by atoms with Crippen molar-refractivity contribution in [1.82, 2.24) is 9.88 Å². The van der Waals surface area contributed by atoms with E-state index < -0.39 is 18.5 Å². The summed E-state index contributed by atoms with van der Waals surface area (Å²) >= 11 is 1.42. The smallest absolute Gasteiger partial charge is 0.497 e. The van der Waals surface area contributed by atoms with Crippen LogP contribution < -0.4 is 9.47 Å². The van der Waals surface area contributed by atoms with Crippen LogP contribution in [0.3, 0.4) is 0 Å². The van der Waals surface area contributed by atoms with Crippen LogP contribution in [0.4, 0.5) is 17.6 Å². The van der Waals surface area contributed by atoms with Gasteiger partial charge in [0.2, 0.25) is 0 Å². The lowest BCUT2D eigenvalue weighted by Gasteiger charge is -2.38. The lowest BCUT2D eigenvalue weighted by atomic mass is 9.79. The third-order valence-corrected chi connectivity index (χ3v) is 8.21. The summed E-state index contributed by atoms with van der Waals surface area (Å²) in [4.78, 5) is 18.8. The molecule has 1 aromatic heterocycles. The molecule has 0 aliphatic carbocycles. The van der Waals surface area contributed by atoms with E-state index >= 15 is 4.39 Å². The summed E-state index contributed by atoms with van der Waals surface area (Å²) in [5.41, 5.74) is 1.24. The van der Waals surface area contributed by atoms with Crippen LogP contribution in [-0.2, 0) is 4.79 Å². The second-order valence-corrected chi connectivity index (χ2v) is 11.1. The predicted octanol–water partition coefficient (Wildman–Crippen LogP) is 7.14. The molecule has 6 nitrogen and oxygen atoms in total. The van der Waals surface area contributed by atoms with Crippen molar-refractivity contribution in [2.75, 3.05) is 32.5 Å². The van der Waals surface area contributed by atoms with Crippen molar-refractivity contribution in [3.63, 3.8) is 0 Å². The first-order valence-corrected chi connectivity index (χ1v) is 14.1. The summed E-state index contributed by atoms with van der Waals surface area (Å²) in [6, 6.07) is 12.9. The van der Waals surface area contributed by atoms with Gasteiger partial charge in [-0.15, -0.1) is 24.9 Å². The highest BCUT2D eigenvalue weighted by Gasteiger charge is 2.32. The number of halogens is 4. The Morgan fingerprint density at radius 2 is 2.00 bits per heavy atom. The number of pyridine rings is 1. The molecular weight excluding hydrogens is 548 g/mol. The molecule has 1 aliphatic rings. The third kappa shape index (κ3) is 8.47. The van der Waals surface area contributed by atoms with E-state index in [9.17, 15) is 23.1 Å². The maximum absolute atomic E-state index is 15.5. The van der Waals surface area contributed by atoms with E-state index in [-0.39, 0.29) is 30.4 Å². The zero-order chi connectivity index (χ0) is 28.7. The second kappa shape index (κ2) is 13.5. The van der Waals surface area contributed by atoms with Crippen LogP contribution in [0.15, 0.2) is 59.6 Å². The zero-order valence-electron chi connectivity index (χ0n) is 22.1. The number of rotatable bonds is 12. The van der Waals surface area contributed by atoms with E-state index in [0.717, 1.165) is 13.0 Å². The van der Waals surface area contributed by atoms with E-state index in [4.69, 9.17) is 4.74 Å². The molecule has 0 amide bonds. The van der Waals surface area contributed by atoms with Crippen molar-refractivity contribution in [1.29, 1.82) is 0 Å². The monoisotopic (exact) mass is 580 g/mol. The number of benzene rings is 2. The Morgan fingerprint density at radius 1 is 1.18 bits per heavy atom. The Labute approximate surface area is 234 Å². The summed E-state index contributed by atoms with van der Waals surface area (Å²) in [5, 5.41) is 10.2. The number of carboxylic acid groups (broad SMARTS) is 1. The van der Waals surface area contributed by atoms with Gasteiger partial charge in [-0.05, 0) is 85.7 Å². The van der Waals surface area contributed by atoms with Crippen molar-refractivity contribution in [3.8, 4) is 11.5 Å². The number of carboxylic acids is 1. The summed E-state index contributed by atoms with van der Waals surface area (Å²) in [6.07, 6.45) is -2.74. The number of thioether (sulfide) groups is 1. The predicted molar refractivity (Wildman–Crippen MR) is 146 cm³/mol. The molecular formula is C29H32F4N2O4S. The van der Waals surface area contributed by atoms with Crippen molar-refractivity contribution < 1.29 is 36.9 Å². The van der Waals surface area contributed by atoms with Gasteiger partial charge in [-0.1, -0.05) is 6.07 Å². The summed E-state index contributed by atoms with van der Waals surface area (Å²) < 4.78 is 62.3. The maximum Gasteiger partial charge on any atom is 0.573 e. The largest absolute Gasteiger partial charge is 0.573 e. The lowest BCUT2D eigenvalue weighted by Crippen LogP contribution is -2.42. The Kier molecular flexibility index (Phi) is 10.1.